The Hall–Kier alpha value is -6.41. The Labute approximate surface area is 511 Å². The maximum Gasteiger partial charge on any atom is 0.497 e. The Morgan fingerprint density at radius 2 is 0.953 bits per heavy atom. The van der Waals surface area contributed by atoms with E-state index < -0.39 is 30.0 Å². The fourth-order valence-electron chi connectivity index (χ4n) is 12.1. The number of rotatable bonds is 10. The number of nitrogens with two attached hydrogens (primary N) is 2. The lowest BCUT2D eigenvalue weighted by molar-refractivity contribution is 0.00578. The minimum atomic E-state index is -0.717. The van der Waals surface area contributed by atoms with Crippen LogP contribution >= 0.6 is 22.6 Å². The van der Waals surface area contributed by atoms with Crippen LogP contribution < -0.4 is 26.4 Å². The fourth-order valence-corrected chi connectivity index (χ4v) is 12.8. The van der Waals surface area contributed by atoms with Crippen LogP contribution in [0.25, 0.3) is 33.3 Å². The molecule has 0 amide bonds. The summed E-state index contributed by atoms with van der Waals surface area (Å²) >= 11 is 2.24. The number of hydrogen-bond donors (Lipinski definition) is 2. The molecule has 22 heteroatoms. The Balaban J connectivity index is 0.000000147. The summed E-state index contributed by atoms with van der Waals surface area (Å²) in [6.45, 7) is 17.1. The molecule has 0 spiro atoms. The van der Waals surface area contributed by atoms with Crippen molar-refractivity contribution in [3.63, 3.8) is 0 Å². The van der Waals surface area contributed by atoms with Gasteiger partial charge in [0.05, 0.1) is 34.1 Å². The zero-order valence-corrected chi connectivity index (χ0v) is 51.0. The van der Waals surface area contributed by atoms with Gasteiger partial charge in [-0.25, -0.2) is 38.1 Å². The highest BCUT2D eigenvalue weighted by molar-refractivity contribution is 14.1. The zero-order valence-electron chi connectivity index (χ0n) is 48.9. The van der Waals surface area contributed by atoms with Gasteiger partial charge in [-0.05, 0) is 158 Å². The molecule has 13 rings (SSSR count). The number of aromatic nitrogens is 8. The van der Waals surface area contributed by atoms with E-state index in [1.807, 2.05) is 93.0 Å². The number of benzene rings is 4. The molecule has 85 heavy (non-hydrogen) atoms. The van der Waals surface area contributed by atoms with Crippen LogP contribution in [-0.2, 0) is 9.31 Å². The zero-order chi connectivity index (χ0) is 58.7. The van der Waals surface area contributed by atoms with E-state index >= 15 is 4.39 Å². The third-order valence-corrected chi connectivity index (χ3v) is 18.5. The number of hydrogen-bond acceptors (Lipinski definition) is 16. The average molecular weight is 1270 g/mol. The highest BCUT2D eigenvalue weighted by Crippen LogP contribution is 2.41. The molecule has 0 unspecified atom stereocenters. The van der Waals surface area contributed by atoms with E-state index in [9.17, 15) is 4.39 Å². The number of para-hydroxylation sites is 2. The van der Waals surface area contributed by atoms with Gasteiger partial charge < -0.3 is 40.0 Å². The van der Waals surface area contributed by atoms with E-state index in [0.717, 1.165) is 85.5 Å². The first-order valence-electron chi connectivity index (χ1n) is 29.4. The van der Waals surface area contributed by atoms with Crippen LogP contribution in [0.5, 0.6) is 23.0 Å². The van der Waals surface area contributed by atoms with E-state index in [-0.39, 0.29) is 13.5 Å². The maximum atomic E-state index is 15.4. The Bertz CT molecular complexity index is 3500. The first-order chi connectivity index (χ1) is 40.5. The van der Waals surface area contributed by atoms with Gasteiger partial charge in [0.25, 0.3) is 0 Å². The van der Waals surface area contributed by atoms with Gasteiger partial charge in [0.1, 0.15) is 68.3 Å². The van der Waals surface area contributed by atoms with E-state index in [1.54, 1.807) is 30.6 Å². The van der Waals surface area contributed by atoms with Crippen molar-refractivity contribution in [2.45, 2.75) is 122 Å². The smallest absolute Gasteiger partial charge is 0.457 e. The van der Waals surface area contributed by atoms with Crippen LogP contribution in [0.3, 0.4) is 0 Å². The maximum absolute atomic E-state index is 15.4. The molecule has 450 valence electrons. The number of halogens is 3. The lowest BCUT2D eigenvalue weighted by atomic mass is 9.78. The molecule has 5 aliphatic rings. The van der Waals surface area contributed by atoms with Crippen molar-refractivity contribution < 1.29 is 27.6 Å². The normalized spacial score (nSPS) is 22.0. The van der Waals surface area contributed by atoms with Crippen LogP contribution in [0.2, 0.25) is 0 Å². The number of ether oxygens (including phenoxy) is 2. The molecular weight excluding hydrogens is 1190 g/mol. The molecule has 2 aliphatic carbocycles. The molecule has 5 fully saturated rings. The summed E-state index contributed by atoms with van der Waals surface area (Å²) in [5.74, 6) is 2.17. The second kappa shape index (κ2) is 26.7. The summed E-state index contributed by atoms with van der Waals surface area (Å²) in [5, 5.41) is 11.1. The lowest BCUT2D eigenvalue weighted by Crippen LogP contribution is -2.49. The van der Waals surface area contributed by atoms with Gasteiger partial charge in [-0.1, -0.05) is 49.9 Å². The highest BCUT2D eigenvalue weighted by atomic mass is 127. The number of likely N-dealkylation sites (N-methyl/N-ethyl adjacent to an activating group) is 2. The largest absolute Gasteiger partial charge is 0.497 e. The topological polar surface area (TPSA) is 189 Å². The molecule has 8 aromatic rings. The van der Waals surface area contributed by atoms with Gasteiger partial charge in [0, 0.05) is 87.6 Å². The molecule has 4 aromatic heterocycles. The lowest BCUT2D eigenvalue weighted by Gasteiger charge is -2.41. The summed E-state index contributed by atoms with van der Waals surface area (Å²) in [6.07, 6.45) is 12.1. The van der Waals surface area contributed by atoms with Gasteiger partial charge >= 0.3 is 7.12 Å². The van der Waals surface area contributed by atoms with E-state index in [1.165, 1.54) is 57.5 Å². The van der Waals surface area contributed by atoms with Gasteiger partial charge in [-0.2, -0.15) is 10.2 Å². The second-order valence-electron chi connectivity index (χ2n) is 23.8. The molecule has 0 bridgehead atoms. The first-order valence-corrected chi connectivity index (χ1v) is 30.4. The second-order valence-corrected chi connectivity index (χ2v) is 24.8. The SMILES string of the molecule is C.CC1(C)OB(c2ccc(Oc3ccccc3)cc2F)OC1(C)C.CN1CCN(C2CCC(n3nc(-c4ccc(Oc5ccccc5)cc4F)c4c(N)ncnc43)CC2)CC1.CN1CCN(C2CCC(n3nc(I)c4c(N)ncnc43)CC2)CC1. The van der Waals surface area contributed by atoms with Gasteiger partial charge in [0.2, 0.25) is 0 Å². The van der Waals surface area contributed by atoms with Gasteiger partial charge in [-0.3, -0.25) is 9.80 Å². The van der Waals surface area contributed by atoms with E-state index in [4.69, 9.17) is 40.4 Å². The number of nitrogen functional groups attached to an aromatic ring is 2. The molecule has 18 nitrogen and oxygen atoms in total. The van der Waals surface area contributed by atoms with Crippen LogP contribution in [0.1, 0.15) is 98.6 Å². The van der Waals surface area contributed by atoms with Crippen molar-refractivity contribution in [2.24, 2.45) is 0 Å². The molecule has 0 atom stereocenters. The summed E-state index contributed by atoms with van der Waals surface area (Å²) in [5.41, 5.74) is 14.1. The van der Waals surface area contributed by atoms with Crippen molar-refractivity contribution >= 4 is 68.9 Å². The van der Waals surface area contributed by atoms with E-state index in [0.29, 0.717) is 74.5 Å². The monoisotopic (exact) mass is 1270 g/mol. The Morgan fingerprint density at radius 1 is 0.529 bits per heavy atom. The third-order valence-electron chi connectivity index (χ3n) is 17.8. The number of piperazine rings is 2. The molecule has 4 aromatic carbocycles. The molecule has 7 heterocycles. The third kappa shape index (κ3) is 13.9. The molecule has 3 saturated heterocycles. The van der Waals surface area contributed by atoms with Crippen LogP contribution in [0.4, 0.5) is 20.4 Å². The Morgan fingerprint density at radius 3 is 1.42 bits per heavy atom. The molecule has 2 saturated carbocycles. The van der Waals surface area contributed by atoms with E-state index in [2.05, 4.69) is 80.9 Å². The quantitative estimate of drug-likeness (QED) is 0.0971. The molecule has 4 N–H and O–H groups in total. The van der Waals surface area contributed by atoms with Gasteiger partial charge in [0.15, 0.2) is 11.3 Å². The predicted molar refractivity (Wildman–Crippen MR) is 340 cm³/mol. The minimum absolute atomic E-state index is 0. The summed E-state index contributed by atoms with van der Waals surface area (Å²) in [7, 11) is 3.69. The Kier molecular flexibility index (Phi) is 19.4. The standard InChI is InChI=1S/C28H32FN7O.C18H20BFO3.C16H24IN7.CH4/c1-34-13-15-35(16-14-34)19-7-9-20(10-8-19)36-28-25(27(30)31-18-32-28)26(33-36)23-12-11-22(17-24(23)29)37-21-5-3-2-4-6-21;1-17(2)18(3,4)23-19(22-17)15-11-10-14(12-16(15)20)21-13-8-6-5-7-9-13;1-22-6-8-23(9-7-22)11-2-4-12(5-3-11)24-16-13(14(17)21-24)15(18)19-10-20-16;/h2-6,11-12,17-20H,7-10,13-16H2,1H3,(H2,30,31,32);5-12H,1-4H3;10-12H,2-9H2,1H3,(H2,18,19,20);1H4. The number of nitrogens with zero attached hydrogens (tertiary/aromatic N) is 12. The van der Waals surface area contributed by atoms with Crippen molar-refractivity contribution in [1.82, 2.24) is 59.1 Å². The van der Waals surface area contributed by atoms with Crippen LogP contribution in [0.15, 0.2) is 110 Å². The number of anilines is 2. The first kappa shape index (κ1) is 61.7. The molecular formula is C63H80BF2IN14O4. The van der Waals surface area contributed by atoms with Crippen molar-refractivity contribution in [1.29, 1.82) is 0 Å². The summed E-state index contributed by atoms with van der Waals surface area (Å²) in [4.78, 5) is 27.4. The highest BCUT2D eigenvalue weighted by Gasteiger charge is 2.52. The van der Waals surface area contributed by atoms with Crippen LogP contribution in [-0.4, -0.2) is 156 Å². The fraction of sp³-hybridized carbons (Fsp3) is 0.460. The average Bonchev–Trinajstić information content (AvgIpc) is 3.26. The van der Waals surface area contributed by atoms with Crippen LogP contribution in [0, 0.1) is 15.3 Å². The van der Waals surface area contributed by atoms with Crippen molar-refractivity contribution in [3.8, 4) is 34.3 Å². The molecule has 3 aliphatic heterocycles. The predicted octanol–water partition coefficient (Wildman–Crippen LogP) is 11.0. The summed E-state index contributed by atoms with van der Waals surface area (Å²) in [6, 6.07) is 30.1. The summed E-state index contributed by atoms with van der Waals surface area (Å²) < 4.78 is 58.1. The van der Waals surface area contributed by atoms with Crippen molar-refractivity contribution in [3.05, 3.63) is 125 Å². The molecule has 0 radical (unpaired) electrons. The number of fused-ring (bicyclic) bond motifs is 2. The minimum Gasteiger partial charge on any atom is -0.457 e. The van der Waals surface area contributed by atoms with Gasteiger partial charge in [-0.15, -0.1) is 0 Å². The van der Waals surface area contributed by atoms with Crippen molar-refractivity contribution in [2.75, 3.05) is 77.9 Å².